The van der Waals surface area contributed by atoms with Gasteiger partial charge >= 0.3 is 0 Å². The number of rotatable bonds is 4. The Hall–Kier alpha value is -6.17. The van der Waals surface area contributed by atoms with Gasteiger partial charge in [0, 0.05) is 53.3 Å². The number of benzene rings is 7. The van der Waals surface area contributed by atoms with Crippen LogP contribution in [0, 0.1) is 0 Å². The van der Waals surface area contributed by atoms with Crippen molar-refractivity contribution in [2.45, 2.75) is 51.4 Å². The summed E-state index contributed by atoms with van der Waals surface area (Å²) >= 11 is 1.81. The Balaban J connectivity index is 1.11. The van der Waals surface area contributed by atoms with Gasteiger partial charge in [-0.15, -0.1) is 11.3 Å². The molecule has 4 nitrogen and oxygen atoms in total. The molecule has 1 aliphatic rings. The molecule has 0 amide bonds. The molecule has 0 saturated heterocycles. The predicted molar refractivity (Wildman–Crippen MR) is 236 cm³/mol. The first-order valence-electron chi connectivity index (χ1n) is 19.6. The first-order valence-corrected chi connectivity index (χ1v) is 20.4. The van der Waals surface area contributed by atoms with Crippen LogP contribution in [0.3, 0.4) is 0 Å². The highest BCUT2D eigenvalue weighted by molar-refractivity contribution is 7.25. The van der Waals surface area contributed by atoms with Crippen LogP contribution in [0.25, 0.3) is 92.6 Å². The highest BCUT2D eigenvalue weighted by atomic mass is 32.1. The summed E-state index contributed by atoms with van der Waals surface area (Å²) in [5.41, 5.74) is 9.67. The second-order valence-corrected chi connectivity index (χ2v) is 17.8. The van der Waals surface area contributed by atoms with Crippen LogP contribution >= 0.6 is 11.3 Å². The Morgan fingerprint density at radius 1 is 0.482 bits per heavy atom. The van der Waals surface area contributed by atoms with Crippen molar-refractivity contribution in [1.29, 1.82) is 0 Å². The van der Waals surface area contributed by atoms with Crippen LogP contribution in [0.2, 0.25) is 0 Å². The maximum Gasteiger partial charge on any atom is 0.164 e. The summed E-state index contributed by atoms with van der Waals surface area (Å²) < 4.78 is 4.95. The van der Waals surface area contributed by atoms with Crippen molar-refractivity contribution >= 4 is 64.1 Å². The molecule has 0 bridgehead atoms. The van der Waals surface area contributed by atoms with E-state index in [4.69, 9.17) is 15.0 Å². The molecule has 0 atom stereocenters. The van der Waals surface area contributed by atoms with Crippen molar-refractivity contribution in [2.24, 2.45) is 0 Å². The van der Waals surface area contributed by atoms with Crippen LogP contribution in [-0.4, -0.2) is 19.5 Å². The fourth-order valence-corrected chi connectivity index (χ4v) is 10.2. The van der Waals surface area contributed by atoms with Crippen LogP contribution in [0.15, 0.2) is 146 Å². The lowest BCUT2D eigenvalue weighted by Gasteiger charge is -2.42. The monoisotopic (exact) mass is 740 g/mol. The van der Waals surface area contributed by atoms with E-state index in [-0.39, 0.29) is 10.8 Å². The summed E-state index contributed by atoms with van der Waals surface area (Å²) in [6, 6.07) is 52.6. The number of hydrogen-bond acceptors (Lipinski definition) is 4. The lowest BCUT2D eigenvalue weighted by molar-refractivity contribution is 0.332. The number of hydrogen-bond donors (Lipinski definition) is 0. The van der Waals surface area contributed by atoms with Gasteiger partial charge in [0.05, 0.1) is 11.0 Å². The molecule has 3 heterocycles. The molecule has 11 rings (SSSR count). The van der Waals surface area contributed by atoms with Gasteiger partial charge in [-0.3, -0.25) is 0 Å². The van der Waals surface area contributed by atoms with Gasteiger partial charge in [-0.25, -0.2) is 15.0 Å². The van der Waals surface area contributed by atoms with E-state index in [9.17, 15) is 0 Å². The normalized spacial score (nSPS) is 14.9. The quantitative estimate of drug-likeness (QED) is 0.180. The van der Waals surface area contributed by atoms with Crippen LogP contribution in [0.5, 0.6) is 0 Å². The maximum absolute atomic E-state index is 5.22. The summed E-state index contributed by atoms with van der Waals surface area (Å²) in [4.78, 5) is 15.4. The van der Waals surface area contributed by atoms with Gasteiger partial charge in [0.2, 0.25) is 0 Å². The standard InChI is InChI=1S/C51H40N4S/c1-50(2)25-26-51(3,4)41-30-43-39(29-40(41)50)38-27-33-15-8-9-16-34(33)28-42(38)55(43)35-23-21-32(22-24-35)48-52-47(31-13-6-5-7-14-31)53-49(54-48)37-18-12-20-45-46(37)36-17-10-11-19-44(36)56-45/h5-24,27-30H,25-26H2,1-4H3. The molecule has 56 heavy (non-hydrogen) atoms. The van der Waals surface area contributed by atoms with E-state index >= 15 is 0 Å². The molecule has 0 N–H and O–H groups in total. The van der Waals surface area contributed by atoms with Crippen LogP contribution in [0.1, 0.15) is 51.7 Å². The molecule has 1 aliphatic carbocycles. The largest absolute Gasteiger partial charge is 0.309 e. The lowest BCUT2D eigenvalue weighted by atomic mass is 9.63. The van der Waals surface area contributed by atoms with E-state index in [0.29, 0.717) is 17.5 Å². The smallest absolute Gasteiger partial charge is 0.164 e. The summed E-state index contributed by atoms with van der Waals surface area (Å²) in [7, 11) is 0. The van der Waals surface area contributed by atoms with Crippen LogP contribution in [-0.2, 0) is 10.8 Å². The number of fused-ring (bicyclic) bond motifs is 8. The average molecular weight is 741 g/mol. The molecule has 0 saturated carbocycles. The van der Waals surface area contributed by atoms with Gasteiger partial charge in [0.15, 0.2) is 17.5 Å². The average Bonchev–Trinajstić information content (AvgIpc) is 3.76. The second-order valence-electron chi connectivity index (χ2n) is 16.7. The first kappa shape index (κ1) is 33.2. The second kappa shape index (κ2) is 12.2. The molecule has 0 aliphatic heterocycles. The highest BCUT2D eigenvalue weighted by Crippen LogP contribution is 2.49. The van der Waals surface area contributed by atoms with Crippen molar-refractivity contribution in [3.63, 3.8) is 0 Å². The Morgan fingerprint density at radius 2 is 1.05 bits per heavy atom. The Kier molecular flexibility index (Phi) is 7.21. The molecule has 0 fully saturated rings. The summed E-state index contributed by atoms with van der Waals surface area (Å²) in [5, 5.41) is 7.51. The zero-order valence-electron chi connectivity index (χ0n) is 32.0. The number of thiophene rings is 1. The molecule has 3 aromatic heterocycles. The maximum atomic E-state index is 5.22. The van der Waals surface area contributed by atoms with Gasteiger partial charge in [-0.05, 0) is 106 Å². The summed E-state index contributed by atoms with van der Waals surface area (Å²) in [6.45, 7) is 9.66. The van der Waals surface area contributed by atoms with Gasteiger partial charge in [0.25, 0.3) is 0 Å². The highest BCUT2D eigenvalue weighted by Gasteiger charge is 2.38. The minimum absolute atomic E-state index is 0.0986. The molecule has 270 valence electrons. The minimum Gasteiger partial charge on any atom is -0.309 e. The van der Waals surface area contributed by atoms with Crippen LogP contribution in [0.4, 0.5) is 0 Å². The zero-order chi connectivity index (χ0) is 37.8. The Labute approximate surface area is 330 Å². The molecule has 10 aromatic rings. The van der Waals surface area contributed by atoms with E-state index in [1.165, 1.54) is 76.7 Å². The Morgan fingerprint density at radius 3 is 1.80 bits per heavy atom. The molecular formula is C51H40N4S. The number of aromatic nitrogens is 4. The van der Waals surface area contributed by atoms with E-state index in [0.717, 1.165) is 22.4 Å². The third-order valence-corrected chi connectivity index (χ3v) is 13.4. The third-order valence-electron chi connectivity index (χ3n) is 12.3. The Bertz CT molecular complexity index is 3190. The van der Waals surface area contributed by atoms with Crippen molar-refractivity contribution in [3.05, 3.63) is 157 Å². The van der Waals surface area contributed by atoms with Crippen LogP contribution < -0.4 is 0 Å². The SMILES string of the molecule is CC1(C)CCC(C)(C)c2cc3c(cc21)c1cc2ccccc2cc1n3-c1ccc(-c2nc(-c3ccccc3)nc(-c3cccc4sc5ccccc5c34)n2)cc1. The summed E-state index contributed by atoms with van der Waals surface area (Å²) in [5.74, 6) is 2.00. The van der Waals surface area contributed by atoms with Crippen molar-refractivity contribution < 1.29 is 0 Å². The molecule has 7 aromatic carbocycles. The van der Waals surface area contributed by atoms with Gasteiger partial charge in [-0.1, -0.05) is 113 Å². The topological polar surface area (TPSA) is 43.6 Å². The molecule has 0 spiro atoms. The van der Waals surface area contributed by atoms with Gasteiger partial charge in [0.1, 0.15) is 0 Å². The number of nitrogens with zero attached hydrogens (tertiary/aromatic N) is 4. The summed E-state index contributed by atoms with van der Waals surface area (Å²) in [6.07, 6.45) is 2.36. The molecular weight excluding hydrogens is 701 g/mol. The zero-order valence-corrected chi connectivity index (χ0v) is 32.8. The van der Waals surface area contributed by atoms with E-state index in [2.05, 4.69) is 160 Å². The third kappa shape index (κ3) is 5.14. The van der Waals surface area contributed by atoms with Gasteiger partial charge in [-0.2, -0.15) is 0 Å². The fourth-order valence-electron chi connectivity index (χ4n) is 9.10. The minimum atomic E-state index is 0.0986. The van der Waals surface area contributed by atoms with E-state index in [1.807, 2.05) is 29.5 Å². The molecule has 0 unspecified atom stereocenters. The first-order chi connectivity index (χ1) is 27.2. The molecule has 5 heteroatoms. The van der Waals surface area contributed by atoms with E-state index < -0.39 is 0 Å². The van der Waals surface area contributed by atoms with Crippen molar-refractivity contribution in [2.75, 3.05) is 0 Å². The van der Waals surface area contributed by atoms with Crippen molar-refractivity contribution in [3.8, 4) is 39.9 Å². The fraction of sp³-hybridized carbons (Fsp3) is 0.157. The molecule has 0 radical (unpaired) electrons. The van der Waals surface area contributed by atoms with E-state index in [1.54, 1.807) is 0 Å². The predicted octanol–water partition coefficient (Wildman–Crippen LogP) is 13.8. The lowest BCUT2D eigenvalue weighted by Crippen LogP contribution is -2.33. The van der Waals surface area contributed by atoms with Crippen molar-refractivity contribution in [1.82, 2.24) is 19.5 Å². The van der Waals surface area contributed by atoms with Gasteiger partial charge < -0.3 is 4.57 Å².